The van der Waals surface area contributed by atoms with Crippen molar-refractivity contribution in [2.24, 2.45) is 0 Å². The molecule has 2 unspecified atom stereocenters. The van der Waals surface area contributed by atoms with Gasteiger partial charge >= 0.3 is 5.97 Å². The van der Waals surface area contributed by atoms with Crippen molar-refractivity contribution in [3.63, 3.8) is 0 Å². The minimum atomic E-state index is -0.843. The Hall–Kier alpha value is -1.66. The van der Waals surface area contributed by atoms with Crippen LogP contribution in [0.25, 0.3) is 0 Å². The van der Waals surface area contributed by atoms with Crippen LogP contribution in [0.15, 0.2) is 24.3 Å². The zero-order chi connectivity index (χ0) is 60.6. The van der Waals surface area contributed by atoms with Gasteiger partial charge in [-0.15, -0.1) is 0 Å². The third-order valence-electron chi connectivity index (χ3n) is 18.2. The van der Waals surface area contributed by atoms with E-state index in [1.54, 1.807) is 6.08 Å². The first-order chi connectivity index (χ1) is 41.5. The van der Waals surface area contributed by atoms with Gasteiger partial charge in [0.1, 0.15) is 0 Å². The predicted octanol–water partition coefficient (Wildman–Crippen LogP) is 25.3. The monoisotopic (exact) mass is 1180 g/mol. The first-order valence-corrected chi connectivity index (χ1v) is 38.6. The number of aliphatic hydroxyl groups excluding tert-OH is 2. The lowest BCUT2D eigenvalue weighted by molar-refractivity contribution is -0.143. The highest BCUT2D eigenvalue weighted by Crippen LogP contribution is 2.20. The molecule has 84 heavy (non-hydrogen) atoms. The lowest BCUT2D eigenvalue weighted by Gasteiger charge is -2.20. The fraction of sp³-hybridized carbons (Fsp3) is 0.923. The second-order valence-corrected chi connectivity index (χ2v) is 26.7. The van der Waals surface area contributed by atoms with Crippen LogP contribution >= 0.6 is 0 Å². The van der Waals surface area contributed by atoms with Gasteiger partial charge in [0.2, 0.25) is 5.91 Å². The summed E-state index contributed by atoms with van der Waals surface area (Å²) in [4.78, 5) is 24.6. The molecule has 6 heteroatoms. The summed E-state index contributed by atoms with van der Waals surface area (Å²) in [6.45, 7) is 4.95. The number of hydrogen-bond acceptors (Lipinski definition) is 5. The number of nitrogens with one attached hydrogen (secondary N) is 1. The van der Waals surface area contributed by atoms with Crippen molar-refractivity contribution in [3.8, 4) is 0 Å². The number of aliphatic hydroxyl groups is 2. The molecule has 0 aliphatic rings. The minimum absolute atomic E-state index is 0.0200. The van der Waals surface area contributed by atoms with Gasteiger partial charge in [0.05, 0.1) is 25.4 Å². The van der Waals surface area contributed by atoms with Crippen LogP contribution in [0.1, 0.15) is 438 Å². The summed E-state index contributed by atoms with van der Waals surface area (Å²) in [6, 6.07) is -0.626. The summed E-state index contributed by atoms with van der Waals surface area (Å²) < 4.78 is 5.49. The van der Waals surface area contributed by atoms with Crippen molar-refractivity contribution < 1.29 is 24.5 Å². The van der Waals surface area contributed by atoms with Gasteiger partial charge in [0.15, 0.2) is 0 Å². The zero-order valence-electron chi connectivity index (χ0n) is 57.2. The Morgan fingerprint density at radius 3 is 0.845 bits per heavy atom. The van der Waals surface area contributed by atoms with Crippen molar-refractivity contribution >= 4 is 11.9 Å². The van der Waals surface area contributed by atoms with E-state index in [0.29, 0.717) is 19.4 Å². The number of amides is 1. The first-order valence-electron chi connectivity index (χ1n) is 38.6. The number of carbonyl (C=O) groups is 2. The molecule has 0 saturated heterocycles. The Bertz CT molecular complexity index is 1320. The van der Waals surface area contributed by atoms with E-state index in [1.165, 1.54) is 372 Å². The van der Waals surface area contributed by atoms with Crippen molar-refractivity contribution in [2.45, 2.75) is 450 Å². The van der Waals surface area contributed by atoms with E-state index in [2.05, 4.69) is 31.3 Å². The second-order valence-electron chi connectivity index (χ2n) is 26.7. The molecule has 6 nitrogen and oxygen atoms in total. The highest BCUT2D eigenvalue weighted by Gasteiger charge is 2.18. The molecule has 0 heterocycles. The maximum Gasteiger partial charge on any atom is 0.305 e. The van der Waals surface area contributed by atoms with E-state index in [4.69, 9.17) is 4.74 Å². The number of hydrogen-bond donors (Lipinski definition) is 3. The molecule has 2 atom stereocenters. The Balaban J connectivity index is 3.37. The lowest BCUT2D eigenvalue weighted by atomic mass is 10.0. The third kappa shape index (κ3) is 69.4. The second kappa shape index (κ2) is 73.8. The fourth-order valence-electron chi connectivity index (χ4n) is 12.3. The molecule has 0 rings (SSSR count). The van der Waals surface area contributed by atoms with Crippen LogP contribution in [-0.4, -0.2) is 47.4 Å². The van der Waals surface area contributed by atoms with E-state index in [0.717, 1.165) is 38.5 Å². The normalized spacial score (nSPS) is 12.6. The van der Waals surface area contributed by atoms with Crippen LogP contribution in [0.3, 0.4) is 0 Å². The van der Waals surface area contributed by atoms with Crippen LogP contribution in [-0.2, 0) is 14.3 Å². The highest BCUT2D eigenvalue weighted by atomic mass is 16.5. The smallest absolute Gasteiger partial charge is 0.305 e. The van der Waals surface area contributed by atoms with E-state index in [9.17, 15) is 19.8 Å². The molecular weight excluding hydrogens is 1030 g/mol. The molecular formula is C78H151NO5. The molecule has 0 aromatic carbocycles. The molecule has 0 spiro atoms. The fourth-order valence-corrected chi connectivity index (χ4v) is 12.3. The minimum Gasteiger partial charge on any atom is -0.466 e. The van der Waals surface area contributed by atoms with Crippen molar-refractivity contribution in [1.29, 1.82) is 0 Å². The van der Waals surface area contributed by atoms with Gasteiger partial charge in [-0.3, -0.25) is 9.59 Å². The summed E-state index contributed by atoms with van der Waals surface area (Å²) in [5.74, 6) is -0.0400. The van der Waals surface area contributed by atoms with Crippen molar-refractivity contribution in [1.82, 2.24) is 5.32 Å². The van der Waals surface area contributed by atoms with E-state index in [1.807, 2.05) is 6.08 Å². The van der Waals surface area contributed by atoms with Gasteiger partial charge in [-0.2, -0.15) is 0 Å². The molecule has 3 N–H and O–H groups in total. The molecule has 0 aliphatic heterocycles. The quantitative estimate of drug-likeness (QED) is 0.0320. The number of esters is 1. The summed E-state index contributed by atoms with van der Waals surface area (Å²) in [7, 11) is 0. The highest BCUT2D eigenvalue weighted by molar-refractivity contribution is 5.76. The first kappa shape index (κ1) is 82.3. The van der Waals surface area contributed by atoms with Gasteiger partial charge in [-0.05, 0) is 57.8 Å². The average molecular weight is 1180 g/mol. The van der Waals surface area contributed by atoms with Crippen LogP contribution in [0.4, 0.5) is 0 Å². The van der Waals surface area contributed by atoms with Gasteiger partial charge in [0, 0.05) is 12.8 Å². The SMILES string of the molecule is CCCCCCCCCCCCCCCCCCCCCC/C=C/C(O)C(CO)NC(=O)CCCCCCCCCCCCCCCCCCC/C=C\CCCCCCCCCCCCCCOC(=O)CCCCCCCCCCCCCC. The van der Waals surface area contributed by atoms with Gasteiger partial charge < -0.3 is 20.3 Å². The Labute approximate surface area is 526 Å². The molecule has 0 aliphatic carbocycles. The standard InChI is InChI=1S/C78H151NO5/c1-3-5-7-9-11-13-15-17-18-19-20-21-35-38-41-44-47-50-54-58-62-66-70-76(81)75(74-80)79-77(82)71-67-63-59-55-51-48-45-42-39-36-33-31-29-27-25-23-22-24-26-28-30-32-34-37-40-43-46-49-53-57-61-65-69-73-84-78(83)72-68-64-60-56-52-16-14-12-10-8-6-4-2/h26,28,66,70,75-76,80-81H,3-25,27,29-65,67-69,71-74H2,1-2H3,(H,79,82)/b28-26-,70-66+. The van der Waals surface area contributed by atoms with Crippen molar-refractivity contribution in [2.75, 3.05) is 13.2 Å². The molecule has 1 amide bonds. The summed E-state index contributed by atoms with van der Waals surface area (Å²) in [6.07, 6.45) is 94.4. The molecule has 0 bridgehead atoms. The topological polar surface area (TPSA) is 95.9 Å². The molecule has 0 aromatic heterocycles. The van der Waals surface area contributed by atoms with E-state index in [-0.39, 0.29) is 18.5 Å². The van der Waals surface area contributed by atoms with Crippen LogP contribution in [0.5, 0.6) is 0 Å². The van der Waals surface area contributed by atoms with Crippen LogP contribution in [0, 0.1) is 0 Å². The Morgan fingerprint density at radius 1 is 0.321 bits per heavy atom. The van der Waals surface area contributed by atoms with Crippen LogP contribution in [0.2, 0.25) is 0 Å². The summed E-state index contributed by atoms with van der Waals surface area (Å²) >= 11 is 0. The molecule has 0 saturated carbocycles. The van der Waals surface area contributed by atoms with Crippen LogP contribution < -0.4 is 5.32 Å². The largest absolute Gasteiger partial charge is 0.466 e. The van der Waals surface area contributed by atoms with E-state index >= 15 is 0 Å². The average Bonchev–Trinajstić information content (AvgIpc) is 3.50. The van der Waals surface area contributed by atoms with Gasteiger partial charge in [-0.1, -0.05) is 391 Å². The molecule has 0 radical (unpaired) electrons. The predicted molar refractivity (Wildman–Crippen MR) is 370 cm³/mol. The number of allylic oxidation sites excluding steroid dienone is 3. The Kier molecular flexibility index (Phi) is 72.3. The summed E-state index contributed by atoms with van der Waals surface area (Å²) in [5, 5.41) is 23.3. The number of rotatable bonds is 73. The maximum absolute atomic E-state index is 12.5. The molecule has 0 aromatic rings. The summed E-state index contributed by atoms with van der Waals surface area (Å²) in [5.41, 5.74) is 0. The van der Waals surface area contributed by atoms with Gasteiger partial charge in [-0.25, -0.2) is 0 Å². The van der Waals surface area contributed by atoms with E-state index < -0.39 is 12.1 Å². The van der Waals surface area contributed by atoms with Gasteiger partial charge in [0.25, 0.3) is 0 Å². The number of unbranched alkanes of at least 4 members (excludes halogenated alkanes) is 60. The van der Waals surface area contributed by atoms with Crippen molar-refractivity contribution in [3.05, 3.63) is 24.3 Å². The maximum atomic E-state index is 12.5. The lowest BCUT2D eigenvalue weighted by Crippen LogP contribution is -2.45. The Morgan fingerprint density at radius 2 is 0.560 bits per heavy atom. The number of ether oxygens (including phenoxy) is 1. The molecule has 498 valence electrons. The molecule has 0 fully saturated rings. The zero-order valence-corrected chi connectivity index (χ0v) is 57.2. The third-order valence-corrected chi connectivity index (χ3v) is 18.2. The number of carbonyl (C=O) groups excluding carboxylic acids is 2.